The van der Waals surface area contributed by atoms with Gasteiger partial charge in [-0.15, -0.1) is 11.3 Å². The lowest BCUT2D eigenvalue weighted by Gasteiger charge is -2.08. The zero-order valence-corrected chi connectivity index (χ0v) is 18.4. The first-order valence-corrected chi connectivity index (χ1v) is 10.8. The number of amides is 2. The average molecular weight is 427 g/mol. The van der Waals surface area contributed by atoms with Crippen molar-refractivity contribution >= 4 is 39.1 Å². The molecule has 0 saturated carbocycles. The van der Waals surface area contributed by atoms with Gasteiger partial charge in [-0.2, -0.15) is 0 Å². The van der Waals surface area contributed by atoms with E-state index in [0.29, 0.717) is 38.8 Å². The molecular formula is C22H26N4O3S. The van der Waals surface area contributed by atoms with Gasteiger partial charge in [-0.1, -0.05) is 32.9 Å². The van der Waals surface area contributed by atoms with E-state index >= 15 is 0 Å². The van der Waals surface area contributed by atoms with Crippen LogP contribution in [0.3, 0.4) is 0 Å². The van der Waals surface area contributed by atoms with Crippen LogP contribution in [0.4, 0.5) is 5.69 Å². The fourth-order valence-corrected chi connectivity index (χ4v) is 4.14. The minimum Gasteiger partial charge on any atom is -0.355 e. The molecule has 0 fully saturated rings. The van der Waals surface area contributed by atoms with E-state index in [2.05, 4.69) is 29.5 Å². The van der Waals surface area contributed by atoms with Crippen molar-refractivity contribution < 1.29 is 9.59 Å². The highest BCUT2D eigenvalue weighted by Crippen LogP contribution is 2.28. The van der Waals surface area contributed by atoms with Gasteiger partial charge in [0.2, 0.25) is 5.91 Å². The third-order valence-electron chi connectivity index (χ3n) is 4.84. The first-order valence-electron chi connectivity index (χ1n) is 9.98. The molecule has 0 saturated heterocycles. The van der Waals surface area contributed by atoms with Gasteiger partial charge in [-0.25, -0.2) is 4.98 Å². The third-order valence-corrected chi connectivity index (χ3v) is 6.04. The van der Waals surface area contributed by atoms with Gasteiger partial charge >= 0.3 is 0 Å². The van der Waals surface area contributed by atoms with Crippen molar-refractivity contribution in [1.82, 2.24) is 14.9 Å². The van der Waals surface area contributed by atoms with Crippen LogP contribution in [0.25, 0.3) is 10.2 Å². The van der Waals surface area contributed by atoms with Crippen LogP contribution >= 0.6 is 11.3 Å². The highest BCUT2D eigenvalue weighted by Gasteiger charge is 2.20. The molecule has 0 spiro atoms. The summed E-state index contributed by atoms with van der Waals surface area (Å²) in [5, 5.41) is 6.01. The molecule has 7 nitrogen and oxygen atoms in total. The van der Waals surface area contributed by atoms with E-state index in [9.17, 15) is 14.4 Å². The van der Waals surface area contributed by atoms with Gasteiger partial charge < -0.3 is 10.6 Å². The van der Waals surface area contributed by atoms with Crippen LogP contribution < -0.4 is 16.2 Å². The fourth-order valence-electron chi connectivity index (χ4n) is 3.10. The lowest BCUT2D eigenvalue weighted by atomic mass is 10.0. The highest BCUT2D eigenvalue weighted by molar-refractivity contribution is 7.20. The highest BCUT2D eigenvalue weighted by atomic mass is 32.1. The quantitative estimate of drug-likeness (QED) is 0.603. The summed E-state index contributed by atoms with van der Waals surface area (Å²) in [6.07, 6.45) is 2.18. The number of carbonyl (C=O) groups is 2. The molecule has 0 bridgehead atoms. The van der Waals surface area contributed by atoms with E-state index in [4.69, 9.17) is 0 Å². The molecule has 30 heavy (non-hydrogen) atoms. The van der Waals surface area contributed by atoms with Crippen molar-refractivity contribution in [3.8, 4) is 0 Å². The minimum atomic E-state index is -0.319. The number of nitrogens with one attached hydrogen (secondary N) is 2. The van der Waals surface area contributed by atoms with Crippen molar-refractivity contribution in [2.45, 2.75) is 46.6 Å². The largest absolute Gasteiger partial charge is 0.355 e. The zero-order chi connectivity index (χ0) is 21.8. The SMILES string of the molecule is CCCNC(=O)Cn1cnc2sc(C(=O)Nc3ccc(C(C)C)cc3)c(C)c2c1=O. The van der Waals surface area contributed by atoms with Crippen molar-refractivity contribution in [2.24, 2.45) is 0 Å². The van der Waals surface area contributed by atoms with E-state index in [1.807, 2.05) is 31.2 Å². The molecule has 0 aliphatic heterocycles. The van der Waals surface area contributed by atoms with E-state index in [1.165, 1.54) is 27.8 Å². The molecule has 2 amide bonds. The van der Waals surface area contributed by atoms with Gasteiger partial charge in [0.1, 0.15) is 11.4 Å². The number of rotatable bonds is 7. The van der Waals surface area contributed by atoms with Gasteiger partial charge in [0.15, 0.2) is 0 Å². The first-order chi connectivity index (χ1) is 14.3. The van der Waals surface area contributed by atoms with E-state index in [0.717, 1.165) is 6.42 Å². The summed E-state index contributed by atoms with van der Waals surface area (Å²) < 4.78 is 1.28. The summed E-state index contributed by atoms with van der Waals surface area (Å²) in [5.74, 6) is -0.105. The number of fused-ring (bicyclic) bond motifs is 1. The Morgan fingerprint density at radius 3 is 2.53 bits per heavy atom. The van der Waals surface area contributed by atoms with Crippen LogP contribution in [0, 0.1) is 6.92 Å². The Morgan fingerprint density at radius 2 is 1.90 bits per heavy atom. The Morgan fingerprint density at radius 1 is 1.20 bits per heavy atom. The summed E-state index contributed by atoms with van der Waals surface area (Å²) in [7, 11) is 0. The van der Waals surface area contributed by atoms with Gasteiger partial charge in [0.05, 0.1) is 16.6 Å². The molecule has 0 aliphatic carbocycles. The summed E-state index contributed by atoms with van der Waals surface area (Å²) in [4.78, 5) is 42.9. The van der Waals surface area contributed by atoms with Crippen molar-refractivity contribution in [2.75, 3.05) is 11.9 Å². The maximum atomic E-state index is 12.9. The smallest absolute Gasteiger partial charge is 0.266 e. The number of thiophene rings is 1. The van der Waals surface area contributed by atoms with E-state index in [-0.39, 0.29) is 23.9 Å². The standard InChI is InChI=1S/C22H26N4O3S/c1-5-10-23-17(27)11-26-12-24-21-18(22(26)29)14(4)19(30-21)20(28)25-16-8-6-15(7-9-16)13(2)3/h6-9,12-13H,5,10-11H2,1-4H3,(H,23,27)(H,25,28). The number of benzene rings is 1. The Hall–Kier alpha value is -3.00. The van der Waals surface area contributed by atoms with Crippen LogP contribution in [-0.4, -0.2) is 27.9 Å². The summed E-state index contributed by atoms with van der Waals surface area (Å²) >= 11 is 1.18. The number of carbonyl (C=O) groups excluding carboxylic acids is 2. The van der Waals surface area contributed by atoms with Gasteiger partial charge in [-0.05, 0) is 42.5 Å². The molecule has 0 unspecified atom stereocenters. The van der Waals surface area contributed by atoms with Crippen LogP contribution in [0.15, 0.2) is 35.4 Å². The Balaban J connectivity index is 1.85. The fraction of sp³-hybridized carbons (Fsp3) is 0.364. The van der Waals surface area contributed by atoms with Crippen LogP contribution in [0.2, 0.25) is 0 Å². The lowest BCUT2D eigenvalue weighted by Crippen LogP contribution is -2.32. The second-order valence-corrected chi connectivity index (χ2v) is 8.49. The topological polar surface area (TPSA) is 93.1 Å². The number of aromatic nitrogens is 2. The molecule has 3 rings (SSSR count). The number of nitrogens with zero attached hydrogens (tertiary/aromatic N) is 2. The molecular weight excluding hydrogens is 400 g/mol. The molecule has 0 radical (unpaired) electrons. The summed E-state index contributed by atoms with van der Waals surface area (Å²) in [6.45, 7) is 8.38. The van der Waals surface area contributed by atoms with E-state index in [1.54, 1.807) is 6.92 Å². The maximum absolute atomic E-state index is 12.9. The van der Waals surface area contributed by atoms with Crippen molar-refractivity contribution in [3.05, 3.63) is 57.0 Å². The molecule has 2 heterocycles. The van der Waals surface area contributed by atoms with Crippen molar-refractivity contribution in [1.29, 1.82) is 0 Å². The second kappa shape index (κ2) is 9.21. The van der Waals surface area contributed by atoms with Crippen LogP contribution in [0.5, 0.6) is 0 Å². The summed E-state index contributed by atoms with van der Waals surface area (Å²) in [5.41, 5.74) is 2.14. The van der Waals surface area contributed by atoms with Gasteiger partial charge in [0.25, 0.3) is 11.5 Å². The number of aryl methyl sites for hydroxylation is 1. The second-order valence-electron chi connectivity index (χ2n) is 7.49. The number of hydrogen-bond donors (Lipinski definition) is 2. The molecule has 2 N–H and O–H groups in total. The predicted octanol–water partition coefficient (Wildman–Crippen LogP) is 3.67. The molecule has 158 valence electrons. The molecule has 0 aliphatic rings. The predicted molar refractivity (Wildman–Crippen MR) is 120 cm³/mol. The first kappa shape index (κ1) is 21.7. The van der Waals surface area contributed by atoms with Gasteiger partial charge in [-0.3, -0.25) is 19.0 Å². The number of anilines is 1. The molecule has 2 aromatic heterocycles. The van der Waals surface area contributed by atoms with Crippen molar-refractivity contribution in [3.63, 3.8) is 0 Å². The number of hydrogen-bond acceptors (Lipinski definition) is 5. The van der Waals surface area contributed by atoms with Gasteiger partial charge in [0, 0.05) is 12.2 Å². The lowest BCUT2D eigenvalue weighted by molar-refractivity contribution is -0.121. The van der Waals surface area contributed by atoms with Crippen LogP contribution in [-0.2, 0) is 11.3 Å². The molecule has 1 aromatic carbocycles. The Kier molecular flexibility index (Phi) is 6.66. The molecule has 8 heteroatoms. The third kappa shape index (κ3) is 4.59. The minimum absolute atomic E-state index is 0.0964. The maximum Gasteiger partial charge on any atom is 0.266 e. The zero-order valence-electron chi connectivity index (χ0n) is 17.6. The normalized spacial score (nSPS) is 11.1. The molecule has 0 atom stereocenters. The average Bonchev–Trinajstić information content (AvgIpc) is 3.06. The van der Waals surface area contributed by atoms with E-state index < -0.39 is 0 Å². The molecule has 3 aromatic rings. The Labute approximate surface area is 179 Å². The monoisotopic (exact) mass is 426 g/mol. The summed E-state index contributed by atoms with van der Waals surface area (Å²) in [6, 6.07) is 7.72. The van der Waals surface area contributed by atoms with Crippen LogP contribution in [0.1, 0.15) is 53.9 Å². The Bertz CT molecular complexity index is 1130.